The summed E-state index contributed by atoms with van der Waals surface area (Å²) >= 11 is 0. The molecule has 0 aliphatic heterocycles. The summed E-state index contributed by atoms with van der Waals surface area (Å²) in [4.78, 5) is 38.1. The highest BCUT2D eigenvalue weighted by molar-refractivity contribution is 7.92. The first kappa shape index (κ1) is 27.2. The number of alkyl halides is 3. The van der Waals surface area contributed by atoms with Gasteiger partial charge in [-0.2, -0.15) is 13.2 Å². The van der Waals surface area contributed by atoms with Crippen LogP contribution in [0.4, 0.5) is 13.2 Å². The highest BCUT2D eigenvalue weighted by Crippen LogP contribution is 2.35. The van der Waals surface area contributed by atoms with E-state index < -0.39 is 56.7 Å². The molecule has 0 radical (unpaired) electrons. The average Bonchev–Trinajstić information content (AvgIpc) is 2.86. The van der Waals surface area contributed by atoms with E-state index in [1.165, 1.54) is 4.90 Å². The molecule has 0 bridgehead atoms. The fourth-order valence-electron chi connectivity index (χ4n) is 4.24. The lowest BCUT2D eigenvalue weighted by Crippen LogP contribution is -2.50. The molecule has 1 atom stereocenters. The number of halogens is 3. The summed E-state index contributed by atoms with van der Waals surface area (Å²) in [7, 11) is -5.63. The number of amides is 2. The SMILES string of the molecule is O=C([O-])CNC(=O)C(c1ccc(S(=O)(=O)C(F)(F)F)cc1)N(C(=O)c1ccccc1)C1CCCCC1. The number of benzene rings is 2. The molecule has 2 aromatic rings. The molecule has 3 rings (SSSR count). The van der Waals surface area contributed by atoms with Gasteiger partial charge in [-0.15, -0.1) is 0 Å². The molecule has 194 valence electrons. The molecule has 1 aliphatic carbocycles. The second-order valence-corrected chi connectivity index (χ2v) is 10.3. The number of aliphatic carboxylic acids is 1. The van der Waals surface area contributed by atoms with E-state index in [4.69, 9.17) is 0 Å². The molecule has 2 amide bonds. The summed E-state index contributed by atoms with van der Waals surface area (Å²) in [6.45, 7) is -0.853. The fourth-order valence-corrected chi connectivity index (χ4v) is 5.00. The van der Waals surface area contributed by atoms with Crippen LogP contribution in [0.3, 0.4) is 0 Å². The van der Waals surface area contributed by atoms with Crippen molar-refractivity contribution in [3.05, 3.63) is 65.7 Å². The summed E-state index contributed by atoms with van der Waals surface area (Å²) in [5, 5.41) is 13.1. The third-order valence-corrected chi connectivity index (χ3v) is 7.47. The van der Waals surface area contributed by atoms with Gasteiger partial charge in [-0.1, -0.05) is 49.6 Å². The van der Waals surface area contributed by atoms with Gasteiger partial charge < -0.3 is 20.1 Å². The Morgan fingerprint density at radius 2 is 1.56 bits per heavy atom. The van der Waals surface area contributed by atoms with Crippen molar-refractivity contribution in [3.63, 3.8) is 0 Å². The van der Waals surface area contributed by atoms with Gasteiger partial charge in [0.05, 0.1) is 17.4 Å². The van der Waals surface area contributed by atoms with Gasteiger partial charge in [0.25, 0.3) is 15.7 Å². The predicted molar refractivity (Wildman–Crippen MR) is 120 cm³/mol. The average molecular weight is 526 g/mol. The van der Waals surface area contributed by atoms with Gasteiger partial charge in [0, 0.05) is 11.6 Å². The smallest absolute Gasteiger partial charge is 0.501 e. The zero-order valence-electron chi connectivity index (χ0n) is 19.0. The van der Waals surface area contributed by atoms with Crippen molar-refractivity contribution in [2.24, 2.45) is 0 Å². The summed E-state index contributed by atoms with van der Waals surface area (Å²) in [5.41, 5.74) is -5.23. The normalized spacial score (nSPS) is 15.6. The number of carboxylic acids is 1. The number of rotatable bonds is 8. The molecule has 8 nitrogen and oxygen atoms in total. The zero-order chi connectivity index (χ0) is 26.5. The molecule has 0 heterocycles. The molecule has 1 unspecified atom stereocenters. The van der Waals surface area contributed by atoms with E-state index in [1.54, 1.807) is 30.3 Å². The Bertz CT molecular complexity index is 1190. The highest BCUT2D eigenvalue weighted by Gasteiger charge is 2.47. The Hall–Kier alpha value is -3.41. The number of nitrogens with one attached hydrogen (secondary N) is 1. The fraction of sp³-hybridized carbons (Fsp3) is 0.375. The van der Waals surface area contributed by atoms with Crippen LogP contribution in [0, 0.1) is 0 Å². The Morgan fingerprint density at radius 3 is 2.08 bits per heavy atom. The van der Waals surface area contributed by atoms with Gasteiger partial charge >= 0.3 is 5.51 Å². The first-order chi connectivity index (χ1) is 16.9. The van der Waals surface area contributed by atoms with Gasteiger partial charge in [0.1, 0.15) is 6.04 Å². The maximum absolute atomic E-state index is 13.6. The minimum atomic E-state index is -5.63. The first-order valence-corrected chi connectivity index (χ1v) is 12.7. The topological polar surface area (TPSA) is 124 Å². The molecule has 0 spiro atoms. The van der Waals surface area contributed by atoms with E-state index in [0.717, 1.165) is 31.4 Å². The molecule has 0 aromatic heterocycles. The van der Waals surface area contributed by atoms with E-state index in [-0.39, 0.29) is 11.1 Å². The Morgan fingerprint density at radius 1 is 0.972 bits per heavy atom. The van der Waals surface area contributed by atoms with E-state index in [1.807, 2.05) is 0 Å². The van der Waals surface area contributed by atoms with Crippen molar-refractivity contribution in [3.8, 4) is 0 Å². The molecule has 36 heavy (non-hydrogen) atoms. The number of nitrogens with zero attached hydrogens (tertiary/aromatic N) is 1. The van der Waals surface area contributed by atoms with Crippen molar-refractivity contribution in [1.82, 2.24) is 10.2 Å². The molecule has 0 saturated heterocycles. The molecule has 1 fully saturated rings. The van der Waals surface area contributed by atoms with Crippen LogP contribution in [-0.4, -0.2) is 49.2 Å². The van der Waals surface area contributed by atoms with Crippen LogP contribution in [0.5, 0.6) is 0 Å². The van der Waals surface area contributed by atoms with Crippen LogP contribution < -0.4 is 10.4 Å². The third-order valence-electron chi connectivity index (χ3n) is 5.97. The largest absolute Gasteiger partial charge is 0.548 e. The second-order valence-electron chi connectivity index (χ2n) is 8.38. The Balaban J connectivity index is 2.10. The molecule has 1 saturated carbocycles. The molecule has 2 aromatic carbocycles. The molecule has 12 heteroatoms. The quantitative estimate of drug-likeness (QED) is 0.565. The van der Waals surface area contributed by atoms with Gasteiger partial charge in [0.15, 0.2) is 0 Å². The summed E-state index contributed by atoms with van der Waals surface area (Å²) in [6.07, 6.45) is 3.60. The number of sulfone groups is 1. The van der Waals surface area contributed by atoms with Crippen molar-refractivity contribution >= 4 is 27.6 Å². The second kappa shape index (κ2) is 11.1. The summed E-state index contributed by atoms with van der Waals surface area (Å²) in [6, 6.07) is 9.69. The van der Waals surface area contributed by atoms with Gasteiger partial charge in [-0.05, 0) is 42.7 Å². The first-order valence-electron chi connectivity index (χ1n) is 11.2. The minimum Gasteiger partial charge on any atom is -0.548 e. The Kier molecular flexibility index (Phi) is 8.39. The van der Waals surface area contributed by atoms with Crippen LogP contribution in [0.2, 0.25) is 0 Å². The number of carbonyl (C=O) groups is 3. The van der Waals surface area contributed by atoms with E-state index in [9.17, 15) is 41.1 Å². The maximum Gasteiger partial charge on any atom is 0.501 e. The highest BCUT2D eigenvalue weighted by atomic mass is 32.2. The standard InChI is InChI=1S/C24H25F3N2O6S/c25-24(26,27)36(34,35)19-13-11-16(12-14-19)21(22(32)28-15-20(30)31)29(18-9-5-2-6-10-18)23(33)17-7-3-1-4-8-17/h1,3-4,7-8,11-14,18,21H,2,5-6,9-10,15H2,(H,28,32)(H,30,31)/p-1. The number of carboxylic acid groups (broad SMARTS) is 1. The van der Waals surface area contributed by atoms with Crippen LogP contribution in [0.15, 0.2) is 59.5 Å². The van der Waals surface area contributed by atoms with Crippen molar-refractivity contribution in [2.45, 2.75) is 54.6 Å². The predicted octanol–water partition coefficient (Wildman–Crippen LogP) is 2.36. The number of carbonyl (C=O) groups excluding carboxylic acids is 3. The van der Waals surface area contributed by atoms with E-state index in [2.05, 4.69) is 5.32 Å². The van der Waals surface area contributed by atoms with Crippen LogP contribution in [0.1, 0.15) is 54.1 Å². The lowest BCUT2D eigenvalue weighted by Gasteiger charge is -2.39. The minimum absolute atomic E-state index is 0.0295. The molecule has 1 aliphatic rings. The molecular weight excluding hydrogens is 501 g/mol. The Labute approximate surface area is 206 Å². The third kappa shape index (κ3) is 6.04. The maximum atomic E-state index is 13.6. The van der Waals surface area contributed by atoms with Crippen molar-refractivity contribution in [2.75, 3.05) is 6.54 Å². The van der Waals surface area contributed by atoms with Crippen LogP contribution in [0.25, 0.3) is 0 Å². The summed E-state index contributed by atoms with van der Waals surface area (Å²) in [5.74, 6) is -2.99. The van der Waals surface area contributed by atoms with Gasteiger partial charge in [0.2, 0.25) is 5.91 Å². The number of hydrogen-bond acceptors (Lipinski definition) is 6. The van der Waals surface area contributed by atoms with Gasteiger partial charge in [-0.3, -0.25) is 9.59 Å². The lowest BCUT2D eigenvalue weighted by molar-refractivity contribution is -0.304. The van der Waals surface area contributed by atoms with Crippen molar-refractivity contribution in [1.29, 1.82) is 0 Å². The van der Waals surface area contributed by atoms with Crippen LogP contribution >= 0.6 is 0 Å². The zero-order valence-corrected chi connectivity index (χ0v) is 19.8. The molecular formula is C24H24F3N2O6S-. The van der Waals surface area contributed by atoms with E-state index in [0.29, 0.717) is 25.0 Å². The van der Waals surface area contributed by atoms with E-state index >= 15 is 0 Å². The van der Waals surface area contributed by atoms with Gasteiger partial charge in [-0.25, -0.2) is 8.42 Å². The summed E-state index contributed by atoms with van der Waals surface area (Å²) < 4.78 is 62.5. The lowest BCUT2D eigenvalue weighted by atomic mass is 9.90. The number of hydrogen-bond donors (Lipinski definition) is 1. The molecule has 1 N–H and O–H groups in total. The van der Waals surface area contributed by atoms with Crippen LogP contribution in [-0.2, 0) is 19.4 Å². The monoisotopic (exact) mass is 525 g/mol. The van der Waals surface area contributed by atoms with Crippen molar-refractivity contribution < 1.29 is 41.1 Å².